The number of carbonyl (C=O) groups excluding carboxylic acids is 1. The topological polar surface area (TPSA) is 37.3 Å². The third-order valence-electron chi connectivity index (χ3n) is 9.71. The van der Waals surface area contributed by atoms with Gasteiger partial charge in [-0.1, -0.05) is 52.3 Å². The Morgan fingerprint density at radius 3 is 2.38 bits per heavy atom. The molecule has 0 amide bonds. The molecule has 2 saturated carbocycles. The molecule has 0 radical (unpaired) electrons. The second-order valence-corrected chi connectivity index (χ2v) is 11.0. The molecule has 26 heavy (non-hydrogen) atoms. The summed E-state index contributed by atoms with van der Waals surface area (Å²) in [5.74, 6) is 1.38. The van der Waals surface area contributed by atoms with E-state index in [1.54, 1.807) is 12.5 Å². The van der Waals surface area contributed by atoms with Gasteiger partial charge < -0.3 is 5.11 Å². The smallest absolute Gasteiger partial charge is 0.156 e. The largest absolute Gasteiger partial charge is 0.393 e. The van der Waals surface area contributed by atoms with Crippen molar-refractivity contribution in [2.45, 2.75) is 86.2 Å². The fourth-order valence-corrected chi connectivity index (χ4v) is 7.78. The number of aliphatic hydroxyl groups is 1. The van der Waals surface area contributed by atoms with E-state index in [0.29, 0.717) is 11.8 Å². The van der Waals surface area contributed by atoms with Crippen LogP contribution in [0.3, 0.4) is 0 Å². The number of allylic oxidation sites excluding steroid dienone is 4. The summed E-state index contributed by atoms with van der Waals surface area (Å²) in [7, 11) is 0. The number of rotatable bonds is 1. The van der Waals surface area contributed by atoms with Gasteiger partial charge in [-0.2, -0.15) is 0 Å². The Hall–Kier alpha value is -0.890. The molecule has 2 heteroatoms. The van der Waals surface area contributed by atoms with Crippen molar-refractivity contribution in [2.24, 2.45) is 33.5 Å². The summed E-state index contributed by atoms with van der Waals surface area (Å²) in [6, 6.07) is 0. The summed E-state index contributed by atoms with van der Waals surface area (Å²) in [6.45, 7) is 13.6. The summed E-state index contributed by atoms with van der Waals surface area (Å²) in [5.41, 5.74) is 3.06. The molecular weight excluding hydrogens is 320 g/mol. The average molecular weight is 357 g/mol. The zero-order valence-corrected chi connectivity index (χ0v) is 17.5. The van der Waals surface area contributed by atoms with Crippen LogP contribution in [-0.2, 0) is 4.79 Å². The van der Waals surface area contributed by atoms with E-state index in [2.05, 4.69) is 46.8 Å². The predicted octanol–water partition coefficient (Wildman–Crippen LogP) is 5.46. The zero-order valence-electron chi connectivity index (χ0n) is 17.5. The average Bonchev–Trinajstić information content (AvgIpc) is 2.84. The fraction of sp³-hybridized carbons (Fsp3) is 0.792. The molecule has 0 spiro atoms. The van der Waals surface area contributed by atoms with Gasteiger partial charge >= 0.3 is 0 Å². The second-order valence-electron chi connectivity index (χ2n) is 11.0. The van der Waals surface area contributed by atoms with Gasteiger partial charge in [-0.25, -0.2) is 0 Å². The van der Waals surface area contributed by atoms with E-state index in [4.69, 9.17) is 0 Å². The SMILES string of the molecule is CC(=O)C1=CC[C@@]2(C)[C@@H]3CC[C@H]4C(C)(C)[C@@H](O)CC[C@]4(C)C3=CC[C@]12C. The van der Waals surface area contributed by atoms with Gasteiger partial charge in [0.05, 0.1) is 6.10 Å². The third-order valence-corrected chi connectivity index (χ3v) is 9.71. The molecule has 0 aromatic heterocycles. The van der Waals surface area contributed by atoms with Crippen molar-refractivity contribution in [1.82, 2.24) is 0 Å². The molecule has 4 rings (SSSR count). The first-order chi connectivity index (χ1) is 12.0. The van der Waals surface area contributed by atoms with Gasteiger partial charge in [-0.15, -0.1) is 0 Å². The Balaban J connectivity index is 1.78. The number of ketones is 1. The van der Waals surface area contributed by atoms with Crippen LogP contribution in [-0.4, -0.2) is 17.0 Å². The Labute approximate surface area is 159 Å². The van der Waals surface area contributed by atoms with Gasteiger partial charge in [0.2, 0.25) is 0 Å². The van der Waals surface area contributed by atoms with Crippen LogP contribution >= 0.6 is 0 Å². The van der Waals surface area contributed by atoms with Gasteiger partial charge in [-0.3, -0.25) is 4.79 Å². The van der Waals surface area contributed by atoms with Gasteiger partial charge in [0.15, 0.2) is 5.78 Å². The lowest BCUT2D eigenvalue weighted by molar-refractivity contribution is -0.119. The van der Waals surface area contributed by atoms with Gasteiger partial charge in [0.1, 0.15) is 0 Å². The van der Waals surface area contributed by atoms with Gasteiger partial charge in [0, 0.05) is 5.41 Å². The van der Waals surface area contributed by atoms with Crippen LogP contribution in [0.4, 0.5) is 0 Å². The quantitative estimate of drug-likeness (QED) is 0.633. The van der Waals surface area contributed by atoms with E-state index in [0.717, 1.165) is 31.3 Å². The number of fused-ring (bicyclic) bond motifs is 5. The maximum absolute atomic E-state index is 12.3. The summed E-state index contributed by atoms with van der Waals surface area (Å²) in [4.78, 5) is 12.3. The Morgan fingerprint density at radius 1 is 1.04 bits per heavy atom. The van der Waals surface area contributed by atoms with Crippen molar-refractivity contribution in [3.8, 4) is 0 Å². The number of carbonyl (C=O) groups is 1. The van der Waals surface area contributed by atoms with Crippen LogP contribution in [0.2, 0.25) is 0 Å². The van der Waals surface area contributed by atoms with Crippen LogP contribution in [0.15, 0.2) is 23.3 Å². The summed E-state index contributed by atoms with van der Waals surface area (Å²) in [5, 5.41) is 10.7. The lowest BCUT2D eigenvalue weighted by Crippen LogP contribution is -2.57. The maximum Gasteiger partial charge on any atom is 0.156 e. The van der Waals surface area contributed by atoms with E-state index >= 15 is 0 Å². The van der Waals surface area contributed by atoms with Crippen LogP contribution in [0.25, 0.3) is 0 Å². The normalized spacial score (nSPS) is 49.4. The Morgan fingerprint density at radius 2 is 1.73 bits per heavy atom. The van der Waals surface area contributed by atoms with Crippen molar-refractivity contribution in [3.05, 3.63) is 23.3 Å². The predicted molar refractivity (Wildman–Crippen MR) is 106 cm³/mol. The van der Waals surface area contributed by atoms with Crippen LogP contribution < -0.4 is 0 Å². The molecule has 2 fully saturated rings. The molecule has 0 aromatic rings. The number of Topliss-reactive ketones (excluding diaryl/α,β-unsaturated/α-hetero) is 1. The van der Waals surface area contributed by atoms with E-state index in [9.17, 15) is 9.90 Å². The van der Waals surface area contributed by atoms with Crippen molar-refractivity contribution < 1.29 is 9.90 Å². The Bertz CT molecular complexity index is 714. The van der Waals surface area contributed by atoms with Crippen molar-refractivity contribution in [2.75, 3.05) is 0 Å². The molecule has 2 nitrogen and oxygen atoms in total. The monoisotopic (exact) mass is 356 g/mol. The highest BCUT2D eigenvalue weighted by Gasteiger charge is 2.63. The first-order valence-electron chi connectivity index (χ1n) is 10.6. The zero-order chi connectivity index (χ0) is 19.1. The molecule has 144 valence electrons. The minimum absolute atomic E-state index is 0.0140. The molecule has 1 N–H and O–H groups in total. The van der Waals surface area contributed by atoms with E-state index < -0.39 is 0 Å². The molecule has 0 saturated heterocycles. The summed E-state index contributed by atoms with van der Waals surface area (Å²) in [6.07, 6.45) is 11.0. The van der Waals surface area contributed by atoms with E-state index in [-0.39, 0.29) is 33.5 Å². The summed E-state index contributed by atoms with van der Waals surface area (Å²) < 4.78 is 0. The van der Waals surface area contributed by atoms with E-state index in [1.165, 1.54) is 12.8 Å². The number of aliphatic hydroxyl groups excluding tert-OH is 1. The fourth-order valence-electron chi connectivity index (χ4n) is 7.78. The second kappa shape index (κ2) is 5.34. The van der Waals surface area contributed by atoms with E-state index in [1.807, 2.05) is 0 Å². The lowest BCUT2D eigenvalue weighted by atomic mass is 9.41. The van der Waals surface area contributed by atoms with Crippen molar-refractivity contribution >= 4 is 5.78 Å². The molecule has 0 bridgehead atoms. The van der Waals surface area contributed by atoms with Crippen molar-refractivity contribution in [3.63, 3.8) is 0 Å². The minimum atomic E-state index is -0.181. The maximum atomic E-state index is 12.3. The summed E-state index contributed by atoms with van der Waals surface area (Å²) >= 11 is 0. The number of hydrogen-bond donors (Lipinski definition) is 1. The Kier molecular flexibility index (Phi) is 3.79. The van der Waals surface area contributed by atoms with Gasteiger partial charge in [0.25, 0.3) is 0 Å². The minimum Gasteiger partial charge on any atom is -0.393 e. The number of hydrogen-bond acceptors (Lipinski definition) is 2. The third kappa shape index (κ3) is 2.00. The lowest BCUT2D eigenvalue weighted by Gasteiger charge is -2.63. The molecule has 6 atom stereocenters. The molecule has 0 heterocycles. The van der Waals surface area contributed by atoms with Crippen molar-refractivity contribution in [1.29, 1.82) is 0 Å². The highest BCUT2D eigenvalue weighted by Crippen LogP contribution is 2.71. The van der Waals surface area contributed by atoms with Gasteiger partial charge in [-0.05, 0) is 79.1 Å². The highest BCUT2D eigenvalue weighted by atomic mass is 16.3. The molecule has 0 unspecified atom stereocenters. The molecule has 4 aliphatic carbocycles. The first kappa shape index (κ1) is 18.5. The van der Waals surface area contributed by atoms with Crippen LogP contribution in [0.1, 0.15) is 80.1 Å². The standard InChI is InChI=1S/C24H36O2/c1-15(25)16-9-13-24(6)18-7-8-19-21(2,3)20(26)11-12-22(19,4)17(18)10-14-23(16,24)5/h9-10,18-20,26H,7-8,11-14H2,1-6H3/t18-,19+,20+,22-,23-,24+/m1/s1. The molecule has 0 aromatic carbocycles. The molecule has 0 aliphatic heterocycles. The van der Waals surface area contributed by atoms with Crippen LogP contribution in [0, 0.1) is 33.5 Å². The molecule has 4 aliphatic rings. The highest BCUT2D eigenvalue weighted by molar-refractivity contribution is 5.95. The molecular formula is C24H36O2. The van der Waals surface area contributed by atoms with Crippen LogP contribution in [0.5, 0.6) is 0 Å². The first-order valence-corrected chi connectivity index (χ1v) is 10.6.